The molecule has 6 nitrogen and oxygen atoms in total. The van der Waals surface area contributed by atoms with Gasteiger partial charge in [-0.05, 0) is 24.5 Å². The number of rotatable bonds is 5. The van der Waals surface area contributed by atoms with Crippen LogP contribution < -0.4 is 9.64 Å². The van der Waals surface area contributed by atoms with E-state index in [4.69, 9.17) is 16.3 Å². The van der Waals surface area contributed by atoms with Gasteiger partial charge in [-0.1, -0.05) is 41.9 Å². The molecular weight excluding hydrogens is 455 g/mol. The Morgan fingerprint density at radius 3 is 2.39 bits per heavy atom. The zero-order chi connectivity index (χ0) is 23.2. The Morgan fingerprint density at radius 1 is 1.09 bits per heavy atom. The maximum absolute atomic E-state index is 12.8. The van der Waals surface area contributed by atoms with Crippen molar-refractivity contribution in [2.24, 2.45) is 7.05 Å². The number of hydrogen-bond donors (Lipinski definition) is 0. The third-order valence-corrected chi connectivity index (χ3v) is 6.76. The molecule has 0 atom stereocenters. The Kier molecular flexibility index (Phi) is 5.47. The van der Waals surface area contributed by atoms with E-state index in [-0.39, 0.29) is 22.4 Å². The van der Waals surface area contributed by atoms with E-state index >= 15 is 0 Å². The van der Waals surface area contributed by atoms with Gasteiger partial charge in [-0.2, -0.15) is 13.2 Å². The third kappa shape index (κ3) is 4.14. The van der Waals surface area contributed by atoms with Gasteiger partial charge in [0.1, 0.15) is 17.0 Å². The van der Waals surface area contributed by atoms with Crippen molar-refractivity contribution in [2.75, 3.05) is 18.0 Å². The lowest BCUT2D eigenvalue weighted by Crippen LogP contribution is -2.39. The Morgan fingerprint density at radius 2 is 1.79 bits per heavy atom. The largest absolute Gasteiger partial charge is 0.473 e. The molecule has 2 aromatic heterocycles. The van der Waals surface area contributed by atoms with Gasteiger partial charge in [0.05, 0.1) is 11.0 Å². The van der Waals surface area contributed by atoms with Crippen LogP contribution in [0.5, 0.6) is 5.88 Å². The van der Waals surface area contributed by atoms with Gasteiger partial charge in [0.15, 0.2) is 0 Å². The van der Waals surface area contributed by atoms with Crippen LogP contribution in [-0.4, -0.2) is 38.9 Å². The summed E-state index contributed by atoms with van der Waals surface area (Å²) < 4.78 is 46.3. The molecule has 0 bridgehead atoms. The van der Waals surface area contributed by atoms with Crippen LogP contribution in [0.3, 0.4) is 0 Å². The standard InChI is InChI=1S/C23H23ClF3N5O/c1-31-20(22(9-10-22)15-5-3-2-4-6-15)29-30-21(31)32-11-7-17(8-12-32)33-19-18(24)13-16(14-28-19)23(25,26)27/h2-6,13-14,17H,7-12H2,1H3. The van der Waals surface area contributed by atoms with E-state index in [0.717, 1.165) is 36.9 Å². The number of anilines is 1. The van der Waals surface area contributed by atoms with Gasteiger partial charge in [-0.25, -0.2) is 4.98 Å². The third-order valence-electron chi connectivity index (χ3n) is 6.49. The van der Waals surface area contributed by atoms with Gasteiger partial charge in [-0.3, -0.25) is 4.57 Å². The minimum absolute atomic E-state index is 0.0302. The Bertz CT molecular complexity index is 1140. The minimum atomic E-state index is -4.49. The predicted molar refractivity (Wildman–Crippen MR) is 118 cm³/mol. The SMILES string of the molecule is Cn1c(N2CCC(Oc3ncc(C(F)(F)F)cc3Cl)CC2)nnc1C1(c2ccccc2)CC1. The summed E-state index contributed by atoms with van der Waals surface area (Å²) in [5.41, 5.74) is 0.310. The highest BCUT2D eigenvalue weighted by atomic mass is 35.5. The number of piperidine rings is 1. The topological polar surface area (TPSA) is 56.1 Å². The zero-order valence-corrected chi connectivity index (χ0v) is 18.8. The number of aromatic nitrogens is 4. The summed E-state index contributed by atoms with van der Waals surface area (Å²) in [5, 5.41) is 8.90. The molecule has 1 aliphatic heterocycles. The summed E-state index contributed by atoms with van der Waals surface area (Å²) in [4.78, 5) is 5.95. The number of ether oxygens (including phenoxy) is 1. The first-order valence-corrected chi connectivity index (χ1v) is 11.3. The average molecular weight is 478 g/mol. The summed E-state index contributed by atoms with van der Waals surface area (Å²) >= 11 is 5.98. The molecule has 0 amide bonds. The molecular formula is C23H23ClF3N5O. The second-order valence-electron chi connectivity index (χ2n) is 8.64. The lowest BCUT2D eigenvalue weighted by molar-refractivity contribution is -0.137. The molecule has 33 heavy (non-hydrogen) atoms. The van der Waals surface area contributed by atoms with Crippen molar-refractivity contribution < 1.29 is 17.9 Å². The van der Waals surface area contributed by atoms with Crippen LogP contribution in [0.4, 0.5) is 19.1 Å². The fourth-order valence-corrected chi connectivity index (χ4v) is 4.75. The van der Waals surface area contributed by atoms with Gasteiger partial charge < -0.3 is 9.64 Å². The van der Waals surface area contributed by atoms with Crippen LogP contribution >= 0.6 is 11.6 Å². The summed E-state index contributed by atoms with van der Waals surface area (Å²) in [6.45, 7) is 1.38. The molecule has 3 aromatic rings. The van der Waals surface area contributed by atoms with Crippen molar-refractivity contribution in [1.29, 1.82) is 0 Å². The second-order valence-corrected chi connectivity index (χ2v) is 9.05. The molecule has 1 aromatic carbocycles. The number of benzene rings is 1. The van der Waals surface area contributed by atoms with Crippen LogP contribution in [0, 0.1) is 0 Å². The van der Waals surface area contributed by atoms with Gasteiger partial charge in [0.25, 0.3) is 0 Å². The first kappa shape index (κ1) is 22.0. The molecule has 1 aliphatic carbocycles. The summed E-state index contributed by atoms with van der Waals surface area (Å²) in [6, 6.07) is 11.3. The van der Waals surface area contributed by atoms with Gasteiger partial charge >= 0.3 is 6.18 Å². The van der Waals surface area contributed by atoms with Crippen molar-refractivity contribution in [3.05, 3.63) is 64.6 Å². The van der Waals surface area contributed by atoms with Crippen LogP contribution in [0.25, 0.3) is 0 Å². The normalized spacial score (nSPS) is 18.4. The van der Waals surface area contributed by atoms with E-state index in [9.17, 15) is 13.2 Å². The molecule has 3 heterocycles. The van der Waals surface area contributed by atoms with Crippen molar-refractivity contribution in [2.45, 2.75) is 43.4 Å². The fraction of sp³-hybridized carbons (Fsp3) is 0.435. The number of alkyl halides is 3. The Labute approximate surface area is 194 Å². The highest BCUT2D eigenvalue weighted by molar-refractivity contribution is 6.31. The Balaban J connectivity index is 1.25. The first-order chi connectivity index (χ1) is 15.8. The maximum Gasteiger partial charge on any atom is 0.417 e. The fourth-order valence-electron chi connectivity index (χ4n) is 4.54. The summed E-state index contributed by atoms with van der Waals surface area (Å²) in [7, 11) is 2.00. The zero-order valence-electron chi connectivity index (χ0n) is 18.0. The molecule has 1 saturated carbocycles. The van der Waals surface area contributed by atoms with Gasteiger partial charge in [0, 0.05) is 39.2 Å². The van der Waals surface area contributed by atoms with E-state index in [1.54, 1.807) is 0 Å². The van der Waals surface area contributed by atoms with Crippen molar-refractivity contribution in [3.8, 4) is 5.88 Å². The van der Waals surface area contributed by atoms with E-state index in [1.165, 1.54) is 5.56 Å². The number of halogens is 4. The van der Waals surface area contributed by atoms with Crippen LogP contribution in [0.2, 0.25) is 5.02 Å². The second kappa shape index (κ2) is 8.20. The van der Waals surface area contributed by atoms with Crippen molar-refractivity contribution in [3.63, 3.8) is 0 Å². The molecule has 174 valence electrons. The van der Waals surface area contributed by atoms with Crippen LogP contribution in [-0.2, 0) is 18.6 Å². The van der Waals surface area contributed by atoms with Gasteiger partial charge in [0.2, 0.25) is 11.8 Å². The predicted octanol–water partition coefficient (Wildman–Crippen LogP) is 5.01. The van der Waals surface area contributed by atoms with Crippen molar-refractivity contribution >= 4 is 17.5 Å². The summed E-state index contributed by atoms with van der Waals surface area (Å²) in [5.74, 6) is 1.82. The van der Waals surface area contributed by atoms with E-state index < -0.39 is 11.7 Å². The molecule has 2 aliphatic rings. The molecule has 0 spiro atoms. The van der Waals surface area contributed by atoms with E-state index in [0.29, 0.717) is 25.9 Å². The monoisotopic (exact) mass is 477 g/mol. The van der Waals surface area contributed by atoms with E-state index in [1.807, 2.05) is 13.1 Å². The summed E-state index contributed by atoms with van der Waals surface area (Å²) in [6.07, 6.45) is -0.474. The lowest BCUT2D eigenvalue weighted by Gasteiger charge is -2.32. The quantitative estimate of drug-likeness (QED) is 0.517. The maximum atomic E-state index is 12.8. The van der Waals surface area contributed by atoms with Crippen LogP contribution in [0.1, 0.15) is 42.6 Å². The average Bonchev–Trinajstić information content (AvgIpc) is 3.52. The molecule has 5 rings (SSSR count). The lowest BCUT2D eigenvalue weighted by atomic mass is 9.95. The van der Waals surface area contributed by atoms with E-state index in [2.05, 4.69) is 48.9 Å². The molecule has 2 fully saturated rings. The molecule has 0 unspecified atom stereocenters. The highest BCUT2D eigenvalue weighted by Crippen LogP contribution is 2.53. The number of nitrogens with zero attached hydrogens (tertiary/aromatic N) is 5. The smallest absolute Gasteiger partial charge is 0.417 e. The highest BCUT2D eigenvalue weighted by Gasteiger charge is 2.50. The van der Waals surface area contributed by atoms with Gasteiger partial charge in [-0.15, -0.1) is 10.2 Å². The number of pyridine rings is 1. The van der Waals surface area contributed by atoms with Crippen molar-refractivity contribution in [1.82, 2.24) is 19.7 Å². The van der Waals surface area contributed by atoms with Crippen LogP contribution in [0.15, 0.2) is 42.6 Å². The Hall–Kier alpha value is -2.81. The first-order valence-electron chi connectivity index (χ1n) is 10.9. The molecule has 1 saturated heterocycles. The minimum Gasteiger partial charge on any atom is -0.473 e. The number of hydrogen-bond acceptors (Lipinski definition) is 5. The molecule has 0 radical (unpaired) electrons. The molecule has 10 heteroatoms. The molecule has 0 N–H and O–H groups in total.